The van der Waals surface area contributed by atoms with Crippen molar-refractivity contribution in [3.8, 4) is 5.75 Å². The Bertz CT molecular complexity index is 1550. The van der Waals surface area contributed by atoms with Gasteiger partial charge >= 0.3 is 0 Å². The Kier molecular flexibility index (Phi) is 6.69. The summed E-state index contributed by atoms with van der Waals surface area (Å²) in [6, 6.07) is 17.4. The molecule has 194 valence electrons. The Morgan fingerprint density at radius 2 is 1.51 bits per heavy atom. The normalized spacial score (nSPS) is 16.0. The fraction of sp³-hybridized carbons (Fsp3) is 0.269. The standard InChI is InChI=1S/C26H27N3O6S2/c1-35-25-13-12-22(37(33,34)29-17-14-19-6-2-3-7-24(19)29)18-23(25)26(30)27-20-8-10-21(11-9-20)36(31,32)28-15-4-5-16-28/h2-3,6-13,18H,4-5,14-17H2,1H3,(H,27,30). The van der Waals surface area contributed by atoms with Crippen LogP contribution in [0.1, 0.15) is 28.8 Å². The number of benzene rings is 3. The summed E-state index contributed by atoms with van der Waals surface area (Å²) in [5.74, 6) is -0.364. The van der Waals surface area contributed by atoms with Gasteiger partial charge in [0.1, 0.15) is 5.75 Å². The minimum Gasteiger partial charge on any atom is -0.496 e. The number of carbonyl (C=O) groups excluding carboxylic acids is 1. The first kappa shape index (κ1) is 25.2. The van der Waals surface area contributed by atoms with E-state index in [1.165, 1.54) is 58.2 Å². The zero-order valence-electron chi connectivity index (χ0n) is 20.3. The molecule has 1 amide bonds. The minimum atomic E-state index is -3.91. The number of fused-ring (bicyclic) bond motifs is 1. The third-order valence-corrected chi connectivity index (χ3v) is 10.4. The van der Waals surface area contributed by atoms with Gasteiger partial charge in [-0.1, -0.05) is 18.2 Å². The molecule has 0 unspecified atom stereocenters. The van der Waals surface area contributed by atoms with Gasteiger partial charge in [-0.15, -0.1) is 0 Å². The zero-order valence-corrected chi connectivity index (χ0v) is 21.9. The molecule has 1 saturated heterocycles. The number of hydrogen-bond donors (Lipinski definition) is 1. The van der Waals surface area contributed by atoms with Gasteiger partial charge in [-0.25, -0.2) is 16.8 Å². The SMILES string of the molecule is COc1ccc(S(=O)(=O)N2CCc3ccccc32)cc1C(=O)Nc1ccc(S(=O)(=O)N2CCCC2)cc1. The highest BCUT2D eigenvalue weighted by Gasteiger charge is 2.32. The van der Waals surface area contributed by atoms with Gasteiger partial charge in [-0.05, 0) is 73.4 Å². The van der Waals surface area contributed by atoms with Gasteiger partial charge in [0.05, 0.1) is 28.2 Å². The molecular weight excluding hydrogens is 514 g/mol. The van der Waals surface area contributed by atoms with Crippen molar-refractivity contribution in [2.75, 3.05) is 36.4 Å². The van der Waals surface area contributed by atoms with Crippen LogP contribution in [-0.2, 0) is 26.5 Å². The molecule has 0 radical (unpaired) electrons. The molecule has 1 fully saturated rings. The number of amides is 1. The summed E-state index contributed by atoms with van der Waals surface area (Å²) in [6.07, 6.45) is 2.30. The van der Waals surface area contributed by atoms with E-state index in [1.807, 2.05) is 12.1 Å². The molecular formula is C26H27N3O6S2. The number of methoxy groups -OCH3 is 1. The predicted octanol–water partition coefficient (Wildman–Crippen LogP) is 3.48. The molecule has 5 rings (SSSR count). The van der Waals surface area contributed by atoms with E-state index in [4.69, 9.17) is 4.74 Å². The number of ether oxygens (including phenoxy) is 1. The van der Waals surface area contributed by atoms with E-state index in [0.717, 1.165) is 18.4 Å². The first-order chi connectivity index (χ1) is 17.7. The number of sulfonamides is 2. The molecule has 0 atom stereocenters. The Balaban J connectivity index is 1.39. The van der Waals surface area contributed by atoms with Crippen LogP contribution in [0.3, 0.4) is 0 Å². The van der Waals surface area contributed by atoms with Gasteiger partial charge in [-0.3, -0.25) is 9.10 Å². The summed E-state index contributed by atoms with van der Waals surface area (Å²) in [6.45, 7) is 1.33. The number of rotatable bonds is 7. The quantitative estimate of drug-likeness (QED) is 0.490. The van der Waals surface area contributed by atoms with Crippen LogP contribution in [0.4, 0.5) is 11.4 Å². The fourth-order valence-corrected chi connectivity index (χ4v) is 7.74. The lowest BCUT2D eigenvalue weighted by molar-refractivity contribution is 0.102. The van der Waals surface area contributed by atoms with E-state index in [-0.39, 0.29) is 21.1 Å². The highest BCUT2D eigenvalue weighted by molar-refractivity contribution is 7.92. The predicted molar refractivity (Wildman–Crippen MR) is 140 cm³/mol. The Morgan fingerprint density at radius 3 is 2.22 bits per heavy atom. The van der Waals surface area contributed by atoms with Crippen LogP contribution in [0, 0.1) is 0 Å². The van der Waals surface area contributed by atoms with Crippen molar-refractivity contribution < 1.29 is 26.4 Å². The lowest BCUT2D eigenvalue weighted by Crippen LogP contribution is -2.29. The number of para-hydroxylation sites is 1. The van der Waals surface area contributed by atoms with Crippen LogP contribution in [0.5, 0.6) is 5.75 Å². The molecule has 2 aliphatic heterocycles. The molecule has 9 nitrogen and oxygen atoms in total. The number of anilines is 2. The molecule has 0 aromatic heterocycles. The molecule has 0 spiro atoms. The second-order valence-electron chi connectivity index (χ2n) is 8.91. The molecule has 0 bridgehead atoms. The smallest absolute Gasteiger partial charge is 0.264 e. The number of nitrogens with one attached hydrogen (secondary N) is 1. The van der Waals surface area contributed by atoms with E-state index in [2.05, 4.69) is 5.32 Å². The maximum absolute atomic E-state index is 13.5. The average molecular weight is 542 g/mol. The van der Waals surface area contributed by atoms with Crippen LogP contribution in [0.25, 0.3) is 0 Å². The zero-order chi connectivity index (χ0) is 26.2. The molecule has 2 heterocycles. The highest BCUT2D eigenvalue weighted by Crippen LogP contribution is 2.34. The lowest BCUT2D eigenvalue weighted by Gasteiger charge is -2.20. The number of nitrogens with zero attached hydrogens (tertiary/aromatic N) is 2. The van der Waals surface area contributed by atoms with Crippen molar-refractivity contribution >= 4 is 37.3 Å². The summed E-state index contributed by atoms with van der Waals surface area (Å²) in [5.41, 5.74) is 2.00. The first-order valence-electron chi connectivity index (χ1n) is 11.9. The van der Waals surface area contributed by atoms with Crippen LogP contribution in [0.15, 0.2) is 76.5 Å². The van der Waals surface area contributed by atoms with Gasteiger partial charge in [0.2, 0.25) is 10.0 Å². The van der Waals surface area contributed by atoms with Crippen LogP contribution >= 0.6 is 0 Å². The maximum Gasteiger partial charge on any atom is 0.264 e. The van der Waals surface area contributed by atoms with E-state index in [9.17, 15) is 21.6 Å². The number of carbonyl (C=O) groups is 1. The van der Waals surface area contributed by atoms with E-state index in [1.54, 1.807) is 12.1 Å². The largest absolute Gasteiger partial charge is 0.496 e. The van der Waals surface area contributed by atoms with Gasteiger partial charge < -0.3 is 10.1 Å². The van der Waals surface area contributed by atoms with Crippen LogP contribution in [-0.4, -0.2) is 53.8 Å². The van der Waals surface area contributed by atoms with Crippen molar-refractivity contribution in [3.63, 3.8) is 0 Å². The van der Waals surface area contributed by atoms with Crippen molar-refractivity contribution in [1.29, 1.82) is 0 Å². The highest BCUT2D eigenvalue weighted by atomic mass is 32.2. The topological polar surface area (TPSA) is 113 Å². The maximum atomic E-state index is 13.5. The monoisotopic (exact) mass is 541 g/mol. The van der Waals surface area contributed by atoms with Gasteiger partial charge in [0.25, 0.3) is 15.9 Å². The molecule has 3 aromatic rings. The summed E-state index contributed by atoms with van der Waals surface area (Å²) < 4.78 is 60.6. The van der Waals surface area contributed by atoms with E-state index < -0.39 is 26.0 Å². The van der Waals surface area contributed by atoms with E-state index in [0.29, 0.717) is 37.4 Å². The van der Waals surface area contributed by atoms with Crippen molar-refractivity contribution in [1.82, 2.24) is 4.31 Å². The summed E-state index contributed by atoms with van der Waals surface area (Å²) >= 11 is 0. The first-order valence-corrected chi connectivity index (χ1v) is 14.8. The van der Waals surface area contributed by atoms with E-state index >= 15 is 0 Å². The molecule has 0 aliphatic carbocycles. The molecule has 3 aromatic carbocycles. The average Bonchev–Trinajstić information content (AvgIpc) is 3.60. The van der Waals surface area contributed by atoms with Crippen molar-refractivity contribution in [3.05, 3.63) is 77.9 Å². The lowest BCUT2D eigenvalue weighted by atomic mass is 10.2. The van der Waals surface area contributed by atoms with Gasteiger partial charge in [-0.2, -0.15) is 4.31 Å². The van der Waals surface area contributed by atoms with Crippen LogP contribution in [0.2, 0.25) is 0 Å². The van der Waals surface area contributed by atoms with Crippen molar-refractivity contribution in [2.45, 2.75) is 29.1 Å². The molecule has 2 aliphatic rings. The Morgan fingerprint density at radius 1 is 0.838 bits per heavy atom. The molecule has 37 heavy (non-hydrogen) atoms. The Labute approximate surface area is 216 Å². The molecule has 11 heteroatoms. The summed E-state index contributed by atoms with van der Waals surface area (Å²) in [5, 5.41) is 2.71. The number of hydrogen-bond acceptors (Lipinski definition) is 6. The fourth-order valence-electron chi connectivity index (χ4n) is 4.70. The van der Waals surface area contributed by atoms with Gasteiger partial charge in [0.15, 0.2) is 0 Å². The Hall–Kier alpha value is -3.41. The second kappa shape index (κ2) is 9.81. The third kappa shape index (κ3) is 4.70. The second-order valence-corrected chi connectivity index (χ2v) is 12.7. The molecule has 0 saturated carbocycles. The summed E-state index contributed by atoms with van der Waals surface area (Å²) in [7, 11) is -6.08. The van der Waals surface area contributed by atoms with Gasteiger partial charge in [0, 0.05) is 25.3 Å². The van der Waals surface area contributed by atoms with Crippen LogP contribution < -0.4 is 14.4 Å². The third-order valence-electron chi connectivity index (χ3n) is 6.66. The summed E-state index contributed by atoms with van der Waals surface area (Å²) in [4.78, 5) is 13.3. The minimum absolute atomic E-state index is 0.0257. The van der Waals surface area contributed by atoms with Crippen molar-refractivity contribution in [2.24, 2.45) is 0 Å². The molecule has 1 N–H and O–H groups in total.